The quantitative estimate of drug-likeness (QED) is 0.333. The van der Waals surface area contributed by atoms with Crippen LogP contribution in [0.25, 0.3) is 27.8 Å². The van der Waals surface area contributed by atoms with E-state index in [-0.39, 0.29) is 5.25 Å². The van der Waals surface area contributed by atoms with Gasteiger partial charge in [0.2, 0.25) is 0 Å². The lowest BCUT2D eigenvalue weighted by Crippen LogP contribution is -2.13. The van der Waals surface area contributed by atoms with Crippen molar-refractivity contribution >= 4 is 49.6 Å². The Labute approximate surface area is 201 Å². The van der Waals surface area contributed by atoms with Crippen molar-refractivity contribution in [1.82, 2.24) is 19.6 Å². The van der Waals surface area contributed by atoms with Crippen molar-refractivity contribution < 1.29 is 8.42 Å². The minimum absolute atomic E-state index is 0.213. The third-order valence-electron chi connectivity index (χ3n) is 6.23. The van der Waals surface area contributed by atoms with Crippen LogP contribution in [0.15, 0.2) is 78.0 Å². The van der Waals surface area contributed by atoms with Crippen LogP contribution in [0, 0.1) is 0 Å². The second-order valence-electron chi connectivity index (χ2n) is 8.48. The summed E-state index contributed by atoms with van der Waals surface area (Å²) in [6.07, 6.45) is 3.14. The second-order valence-corrected chi connectivity index (χ2v) is 11.1. The molecule has 170 valence electrons. The fourth-order valence-electron chi connectivity index (χ4n) is 4.20. The van der Waals surface area contributed by atoms with Gasteiger partial charge in [0.25, 0.3) is 5.78 Å². The summed E-state index contributed by atoms with van der Waals surface area (Å²) in [6, 6.07) is 20.9. The van der Waals surface area contributed by atoms with E-state index in [0.29, 0.717) is 15.7 Å². The standard InChI is InChI=1S/C25H20ClN5O2S/c1-30(24-22-12-7-18(26)14-23(22)31-15-27-29-25(31)28-24)19-4-2-3-17(13-19)16-5-8-20(9-6-16)34(32,33)21-10-11-21/h2-9,12-15,21H,10-11H2,1H3. The lowest BCUT2D eigenvalue weighted by molar-refractivity contribution is 0.595. The van der Waals surface area contributed by atoms with Crippen LogP contribution in [0.1, 0.15) is 12.8 Å². The van der Waals surface area contributed by atoms with E-state index in [2.05, 4.69) is 16.3 Å². The monoisotopic (exact) mass is 489 g/mol. The van der Waals surface area contributed by atoms with Gasteiger partial charge in [0.15, 0.2) is 9.84 Å². The largest absolute Gasteiger partial charge is 0.329 e. The van der Waals surface area contributed by atoms with Gasteiger partial charge in [-0.25, -0.2) is 8.42 Å². The molecule has 5 aromatic rings. The maximum atomic E-state index is 12.5. The van der Waals surface area contributed by atoms with E-state index in [4.69, 9.17) is 16.6 Å². The molecule has 0 aliphatic heterocycles. The first-order valence-corrected chi connectivity index (χ1v) is 12.8. The molecule has 3 aromatic carbocycles. The van der Waals surface area contributed by atoms with E-state index < -0.39 is 9.84 Å². The fraction of sp³-hybridized carbons (Fsp3) is 0.160. The molecule has 0 bridgehead atoms. The van der Waals surface area contributed by atoms with Gasteiger partial charge in [-0.05, 0) is 66.4 Å². The first-order chi connectivity index (χ1) is 16.4. The molecular weight excluding hydrogens is 470 g/mol. The van der Waals surface area contributed by atoms with Crippen LogP contribution in [0.4, 0.5) is 11.5 Å². The predicted molar refractivity (Wildman–Crippen MR) is 133 cm³/mol. The topological polar surface area (TPSA) is 80.5 Å². The number of rotatable bonds is 5. The van der Waals surface area contributed by atoms with Gasteiger partial charge in [-0.1, -0.05) is 35.9 Å². The average molecular weight is 490 g/mol. The van der Waals surface area contributed by atoms with E-state index in [9.17, 15) is 8.42 Å². The van der Waals surface area contributed by atoms with Gasteiger partial charge in [0, 0.05) is 23.1 Å². The van der Waals surface area contributed by atoms with E-state index in [1.807, 2.05) is 64.9 Å². The summed E-state index contributed by atoms with van der Waals surface area (Å²) in [5.74, 6) is 1.22. The average Bonchev–Trinajstić information content (AvgIpc) is 3.62. The van der Waals surface area contributed by atoms with Crippen molar-refractivity contribution in [2.75, 3.05) is 11.9 Å². The molecule has 1 saturated carbocycles. The van der Waals surface area contributed by atoms with E-state index in [1.54, 1.807) is 18.5 Å². The SMILES string of the molecule is CN(c1cccc(-c2ccc(S(=O)(=O)C3CC3)cc2)c1)c1nc2nncn2c2cc(Cl)ccc12. The van der Waals surface area contributed by atoms with Crippen LogP contribution >= 0.6 is 11.6 Å². The Bertz CT molecular complexity index is 1660. The van der Waals surface area contributed by atoms with Crippen LogP contribution in [-0.4, -0.2) is 40.3 Å². The molecule has 0 unspecified atom stereocenters. The normalized spacial score (nSPS) is 14.1. The number of fused-ring (bicyclic) bond motifs is 3. The highest BCUT2D eigenvalue weighted by atomic mass is 35.5. The Hall–Kier alpha value is -3.49. The van der Waals surface area contributed by atoms with Crippen molar-refractivity contribution in [1.29, 1.82) is 0 Å². The molecular formula is C25H20ClN5O2S. The molecule has 9 heteroatoms. The number of halogens is 1. The number of nitrogens with zero attached hydrogens (tertiary/aromatic N) is 5. The molecule has 0 N–H and O–H groups in total. The molecule has 2 heterocycles. The highest BCUT2D eigenvalue weighted by Crippen LogP contribution is 2.36. The Morgan fingerprint density at radius 2 is 1.79 bits per heavy atom. The first-order valence-electron chi connectivity index (χ1n) is 10.9. The van der Waals surface area contributed by atoms with Gasteiger partial charge in [-0.2, -0.15) is 4.98 Å². The summed E-state index contributed by atoms with van der Waals surface area (Å²) in [7, 11) is -1.25. The van der Waals surface area contributed by atoms with Crippen molar-refractivity contribution in [3.8, 4) is 11.1 Å². The van der Waals surface area contributed by atoms with Gasteiger partial charge in [0.1, 0.15) is 12.1 Å². The van der Waals surface area contributed by atoms with Crippen molar-refractivity contribution in [2.24, 2.45) is 0 Å². The van der Waals surface area contributed by atoms with Gasteiger partial charge >= 0.3 is 0 Å². The Morgan fingerprint density at radius 1 is 1.00 bits per heavy atom. The van der Waals surface area contributed by atoms with Crippen LogP contribution in [0.2, 0.25) is 5.02 Å². The van der Waals surface area contributed by atoms with Gasteiger partial charge < -0.3 is 4.90 Å². The maximum absolute atomic E-state index is 12.5. The predicted octanol–water partition coefficient (Wildman–Crippen LogP) is 5.30. The van der Waals surface area contributed by atoms with Gasteiger partial charge in [0.05, 0.1) is 15.7 Å². The number of hydrogen-bond acceptors (Lipinski definition) is 6. The zero-order chi connectivity index (χ0) is 23.4. The molecule has 34 heavy (non-hydrogen) atoms. The Balaban J connectivity index is 1.39. The second kappa shape index (κ2) is 7.78. The molecule has 1 aliphatic carbocycles. The number of anilines is 2. The summed E-state index contributed by atoms with van der Waals surface area (Å²) in [5.41, 5.74) is 3.73. The summed E-state index contributed by atoms with van der Waals surface area (Å²) in [5, 5.41) is 9.45. The van der Waals surface area contributed by atoms with Crippen molar-refractivity contribution in [2.45, 2.75) is 23.0 Å². The summed E-state index contributed by atoms with van der Waals surface area (Å²) < 4.78 is 26.8. The highest BCUT2D eigenvalue weighted by Gasteiger charge is 2.36. The highest BCUT2D eigenvalue weighted by molar-refractivity contribution is 7.92. The molecule has 6 rings (SSSR count). The van der Waals surface area contributed by atoms with E-state index >= 15 is 0 Å². The van der Waals surface area contributed by atoms with Crippen LogP contribution in [0.3, 0.4) is 0 Å². The fourth-order valence-corrected chi connectivity index (χ4v) is 6.03. The molecule has 0 saturated heterocycles. The van der Waals surface area contributed by atoms with Gasteiger partial charge in [-0.3, -0.25) is 4.40 Å². The molecule has 7 nitrogen and oxygen atoms in total. The molecule has 0 atom stereocenters. The van der Waals surface area contributed by atoms with Crippen LogP contribution < -0.4 is 4.90 Å². The van der Waals surface area contributed by atoms with E-state index in [0.717, 1.165) is 46.4 Å². The number of hydrogen-bond donors (Lipinski definition) is 0. The third kappa shape index (κ3) is 3.50. The molecule has 0 radical (unpaired) electrons. The van der Waals surface area contributed by atoms with Gasteiger partial charge in [-0.15, -0.1) is 10.2 Å². The number of benzene rings is 3. The maximum Gasteiger partial charge on any atom is 0.257 e. The molecule has 2 aromatic heterocycles. The lowest BCUT2D eigenvalue weighted by atomic mass is 10.0. The smallest absolute Gasteiger partial charge is 0.257 e. The molecule has 1 fully saturated rings. The molecule has 0 amide bonds. The lowest BCUT2D eigenvalue weighted by Gasteiger charge is -2.21. The van der Waals surface area contributed by atoms with Crippen molar-refractivity contribution in [3.63, 3.8) is 0 Å². The number of sulfone groups is 1. The zero-order valence-electron chi connectivity index (χ0n) is 18.3. The third-order valence-corrected chi connectivity index (χ3v) is 8.74. The Kier molecular flexibility index (Phi) is 4.82. The van der Waals surface area contributed by atoms with E-state index in [1.165, 1.54) is 0 Å². The zero-order valence-corrected chi connectivity index (χ0v) is 19.8. The first kappa shape index (κ1) is 21.1. The van der Waals surface area contributed by atoms with Crippen molar-refractivity contribution in [3.05, 3.63) is 78.1 Å². The minimum Gasteiger partial charge on any atom is -0.329 e. The van der Waals surface area contributed by atoms with Crippen LogP contribution in [-0.2, 0) is 9.84 Å². The molecule has 0 spiro atoms. The van der Waals surface area contributed by atoms with Crippen LogP contribution in [0.5, 0.6) is 0 Å². The summed E-state index contributed by atoms with van der Waals surface area (Å²) >= 11 is 6.26. The summed E-state index contributed by atoms with van der Waals surface area (Å²) in [6.45, 7) is 0. The minimum atomic E-state index is -3.20. The summed E-state index contributed by atoms with van der Waals surface area (Å²) in [4.78, 5) is 7.13. The Morgan fingerprint density at radius 3 is 2.56 bits per heavy atom. The molecule has 1 aliphatic rings. The number of aromatic nitrogens is 4.